The molecular formula is C43H31ClN4O6. The van der Waals surface area contributed by atoms with Crippen LogP contribution in [0.2, 0.25) is 5.02 Å². The molecule has 0 unspecified atom stereocenters. The van der Waals surface area contributed by atoms with Crippen molar-refractivity contribution in [1.29, 1.82) is 0 Å². The summed E-state index contributed by atoms with van der Waals surface area (Å²) in [6, 6.07) is 30.2. The monoisotopic (exact) mass is 734 g/mol. The van der Waals surface area contributed by atoms with Gasteiger partial charge in [0.25, 0.3) is 0 Å². The van der Waals surface area contributed by atoms with Gasteiger partial charge in [-0.25, -0.2) is 14.6 Å². The number of nitrogens with zero attached hydrogens (tertiary/aromatic N) is 2. The molecule has 0 atom stereocenters. The number of rotatable bonds is 9. The highest BCUT2D eigenvalue weighted by atomic mass is 35.5. The van der Waals surface area contributed by atoms with Gasteiger partial charge in [0.2, 0.25) is 5.43 Å². The Hall–Kier alpha value is -6.78. The van der Waals surface area contributed by atoms with E-state index in [1.807, 2.05) is 49.4 Å². The van der Waals surface area contributed by atoms with E-state index in [4.69, 9.17) is 26.7 Å². The molecule has 0 radical (unpaired) electrons. The highest BCUT2D eigenvalue weighted by Crippen LogP contribution is 2.45. The van der Waals surface area contributed by atoms with E-state index in [-0.39, 0.29) is 35.0 Å². The average Bonchev–Trinajstić information content (AvgIpc) is 3.17. The summed E-state index contributed by atoms with van der Waals surface area (Å²) in [4.78, 5) is 47.5. The summed E-state index contributed by atoms with van der Waals surface area (Å²) < 4.78 is 6.77. The first-order valence-corrected chi connectivity index (χ1v) is 17.5. The molecule has 0 saturated heterocycles. The summed E-state index contributed by atoms with van der Waals surface area (Å²) in [5.74, 6) is -2.01. The van der Waals surface area contributed by atoms with Crippen LogP contribution < -0.4 is 16.5 Å². The van der Waals surface area contributed by atoms with Crippen LogP contribution in [-0.4, -0.2) is 32.1 Å². The predicted molar refractivity (Wildman–Crippen MR) is 211 cm³/mol. The van der Waals surface area contributed by atoms with Gasteiger partial charge in [-0.3, -0.25) is 9.78 Å². The van der Waals surface area contributed by atoms with E-state index in [0.29, 0.717) is 62.1 Å². The van der Waals surface area contributed by atoms with Gasteiger partial charge in [0.15, 0.2) is 0 Å². The van der Waals surface area contributed by atoms with Crippen molar-refractivity contribution in [2.75, 3.05) is 11.1 Å². The molecule has 266 valence electrons. The molecular weight excluding hydrogens is 704 g/mol. The van der Waals surface area contributed by atoms with E-state index in [9.17, 15) is 24.6 Å². The van der Waals surface area contributed by atoms with E-state index in [1.165, 1.54) is 12.1 Å². The van der Waals surface area contributed by atoms with E-state index in [2.05, 4.69) is 10.3 Å². The third-order valence-electron chi connectivity index (χ3n) is 9.73. The van der Waals surface area contributed by atoms with Gasteiger partial charge >= 0.3 is 11.9 Å². The maximum atomic E-state index is 14.0. The number of nitrogens with two attached hydrogens (primary N) is 1. The molecule has 6 aromatic rings. The first-order valence-electron chi connectivity index (χ1n) is 17.1. The lowest BCUT2D eigenvalue weighted by Gasteiger charge is -2.21. The lowest BCUT2D eigenvalue weighted by Crippen LogP contribution is -2.15. The summed E-state index contributed by atoms with van der Waals surface area (Å²) in [5.41, 5.74) is 12.9. The van der Waals surface area contributed by atoms with Gasteiger partial charge in [0.1, 0.15) is 17.0 Å². The Balaban J connectivity index is 1.34. The Bertz CT molecular complexity index is 2870. The number of carboxylic acids is 2. The van der Waals surface area contributed by atoms with E-state index in [1.54, 1.807) is 48.5 Å². The van der Waals surface area contributed by atoms with Crippen molar-refractivity contribution in [2.45, 2.75) is 26.3 Å². The van der Waals surface area contributed by atoms with E-state index >= 15 is 0 Å². The summed E-state index contributed by atoms with van der Waals surface area (Å²) in [7, 11) is 0. The van der Waals surface area contributed by atoms with Crippen LogP contribution in [0, 0.1) is 6.92 Å². The molecule has 0 bridgehead atoms. The first-order chi connectivity index (χ1) is 26.1. The number of anilines is 2. The molecule has 0 amide bonds. The van der Waals surface area contributed by atoms with Crippen molar-refractivity contribution in [3.8, 4) is 22.5 Å². The van der Waals surface area contributed by atoms with Crippen molar-refractivity contribution in [2.24, 2.45) is 0 Å². The zero-order valence-electron chi connectivity index (χ0n) is 28.8. The first kappa shape index (κ1) is 34.3. The lowest BCUT2D eigenvalue weighted by atomic mass is 9.87. The Morgan fingerprint density at radius 2 is 1.56 bits per heavy atom. The van der Waals surface area contributed by atoms with Crippen molar-refractivity contribution in [1.82, 2.24) is 9.97 Å². The van der Waals surface area contributed by atoms with Crippen LogP contribution in [0.4, 0.5) is 11.4 Å². The number of fused-ring (bicyclic) bond motifs is 4. The van der Waals surface area contributed by atoms with Gasteiger partial charge in [-0.15, -0.1) is 0 Å². The second kappa shape index (κ2) is 13.6. The molecule has 0 fully saturated rings. The molecule has 54 heavy (non-hydrogen) atoms. The molecule has 2 aromatic heterocycles. The SMILES string of the molecule is Cc1ccc2cccc(CCc3c4oc5c(CNc6cccc7ccc(C(=O)O)nc67)c(N)ccc5c(-c5ccccc5C(=O)O)c-4cc(Cl)c3=O)c2n1. The fraction of sp³-hybridized carbons (Fsp3) is 0.0930. The maximum Gasteiger partial charge on any atom is 0.354 e. The number of para-hydroxylation sites is 2. The molecule has 0 saturated carbocycles. The molecule has 8 rings (SSSR count). The second-order valence-corrected chi connectivity index (χ2v) is 13.5. The quantitative estimate of drug-likeness (QED) is 0.0829. The van der Waals surface area contributed by atoms with Crippen molar-refractivity contribution >= 4 is 67.7 Å². The predicted octanol–water partition coefficient (Wildman–Crippen LogP) is 9.00. The largest absolute Gasteiger partial charge is 0.478 e. The minimum Gasteiger partial charge on any atom is -0.478 e. The van der Waals surface area contributed by atoms with Gasteiger partial charge in [-0.2, -0.15) is 0 Å². The van der Waals surface area contributed by atoms with Crippen LogP contribution in [0.1, 0.15) is 43.2 Å². The number of benzene rings is 5. The highest BCUT2D eigenvalue weighted by molar-refractivity contribution is 6.31. The third-order valence-corrected chi connectivity index (χ3v) is 10.0. The summed E-state index contributed by atoms with van der Waals surface area (Å²) >= 11 is 6.70. The number of aromatic carboxylic acids is 2. The maximum absolute atomic E-state index is 14.0. The van der Waals surface area contributed by atoms with Crippen molar-refractivity contribution in [3.63, 3.8) is 0 Å². The Morgan fingerprint density at radius 3 is 2.35 bits per heavy atom. The number of carboxylic acid groups (broad SMARTS) is 2. The molecule has 0 spiro atoms. The highest BCUT2D eigenvalue weighted by Gasteiger charge is 2.28. The van der Waals surface area contributed by atoms with Crippen molar-refractivity contribution in [3.05, 3.63) is 152 Å². The smallest absolute Gasteiger partial charge is 0.354 e. The average molecular weight is 735 g/mol. The number of aromatic nitrogens is 2. The number of carbonyl (C=O) groups is 2. The fourth-order valence-corrected chi connectivity index (χ4v) is 7.34. The van der Waals surface area contributed by atoms with Crippen LogP contribution in [0.15, 0.2) is 112 Å². The van der Waals surface area contributed by atoms with Gasteiger partial charge < -0.3 is 25.7 Å². The normalized spacial score (nSPS) is 11.4. The van der Waals surface area contributed by atoms with E-state index < -0.39 is 17.4 Å². The summed E-state index contributed by atoms with van der Waals surface area (Å²) in [6.45, 7) is 2.05. The van der Waals surface area contributed by atoms with Gasteiger partial charge in [0.05, 0.1) is 27.3 Å². The second-order valence-electron chi connectivity index (χ2n) is 13.1. The molecule has 1 aliphatic heterocycles. The minimum absolute atomic E-state index is 0.0190. The van der Waals surface area contributed by atoms with Gasteiger partial charge in [-0.05, 0) is 73.4 Å². The zero-order valence-corrected chi connectivity index (χ0v) is 29.6. The van der Waals surface area contributed by atoms with Crippen LogP contribution in [0.25, 0.3) is 55.2 Å². The molecule has 10 nitrogen and oxygen atoms in total. The molecule has 3 heterocycles. The molecule has 1 aliphatic carbocycles. The van der Waals surface area contributed by atoms with Crippen LogP contribution in [0.3, 0.4) is 0 Å². The Kier molecular flexibility index (Phi) is 8.67. The van der Waals surface area contributed by atoms with Crippen molar-refractivity contribution < 1.29 is 24.2 Å². The van der Waals surface area contributed by atoms with Gasteiger partial charge in [0, 0.05) is 56.3 Å². The standard InChI is InChI=1S/C43H31ClN4O6/c1-22-12-13-23-6-4-7-24(37(23)47-22)14-16-29-39(49)32(44)20-30-36(26-9-2-3-10-27(26)42(50)51)28-17-18-33(45)31(40(28)54-41(29)30)21-46-34-11-5-8-25-15-19-35(43(52)53)48-38(25)34/h2-13,15,17-20,46H,14,16,21,45H2,1H3,(H,50,51)(H,52,53). The molecule has 5 N–H and O–H groups in total. The molecule has 4 aromatic carbocycles. The number of pyridine rings is 2. The van der Waals surface area contributed by atoms with E-state index in [0.717, 1.165) is 27.5 Å². The number of nitrogen functional groups attached to an aromatic ring is 1. The molecule has 2 aliphatic rings. The number of hydrogen-bond acceptors (Lipinski definition) is 8. The Morgan fingerprint density at radius 1 is 0.796 bits per heavy atom. The zero-order chi connectivity index (χ0) is 37.7. The minimum atomic E-state index is -1.15. The van der Waals surface area contributed by atoms with Crippen LogP contribution in [-0.2, 0) is 19.4 Å². The summed E-state index contributed by atoms with van der Waals surface area (Å²) in [5, 5.41) is 25.5. The number of halogens is 1. The lowest BCUT2D eigenvalue weighted by molar-refractivity contribution is 0.0683. The van der Waals surface area contributed by atoms with Crippen LogP contribution >= 0.6 is 11.6 Å². The number of nitrogens with one attached hydrogen (secondary N) is 1. The molecule has 11 heteroatoms. The van der Waals surface area contributed by atoms with Crippen LogP contribution in [0.5, 0.6) is 0 Å². The van der Waals surface area contributed by atoms with Gasteiger partial charge in [-0.1, -0.05) is 72.3 Å². The third kappa shape index (κ3) is 6.02. The summed E-state index contributed by atoms with van der Waals surface area (Å²) in [6.07, 6.45) is 0.702. The number of aryl methyl sites for hydroxylation is 2. The fourth-order valence-electron chi connectivity index (χ4n) is 7.12. The number of hydrogen-bond donors (Lipinski definition) is 4. The topological polar surface area (TPSA) is 169 Å². The Labute approximate surface area is 312 Å².